The lowest BCUT2D eigenvalue weighted by Crippen LogP contribution is -2.16. The van der Waals surface area contributed by atoms with Crippen molar-refractivity contribution in [3.05, 3.63) is 228 Å². The maximum atomic E-state index is 7.00. The number of benzene rings is 9. The van der Waals surface area contributed by atoms with Crippen LogP contribution in [0.5, 0.6) is 11.5 Å². The van der Waals surface area contributed by atoms with Crippen LogP contribution < -0.4 is 9.64 Å². The van der Waals surface area contributed by atoms with Gasteiger partial charge in [-0.05, 0) is 154 Å². The summed E-state index contributed by atoms with van der Waals surface area (Å²) in [4.78, 5) is 7.44. The quantitative estimate of drug-likeness (QED) is 0.166. The number of nitrogens with zero attached hydrogens (tertiary/aromatic N) is 4. The van der Waals surface area contributed by atoms with Gasteiger partial charge in [0.25, 0.3) is 0 Å². The van der Waals surface area contributed by atoms with Crippen LogP contribution >= 0.6 is 0 Å². The van der Waals surface area contributed by atoms with Gasteiger partial charge in [0.2, 0.25) is 0 Å². The molecule has 13 rings (SSSR count). The van der Waals surface area contributed by atoms with Crippen LogP contribution in [0.2, 0.25) is 0 Å². The molecule has 9 aromatic carbocycles. The van der Waals surface area contributed by atoms with Gasteiger partial charge in [-0.25, -0.2) is 4.98 Å². The molecule has 12 aromatic rings. The summed E-state index contributed by atoms with van der Waals surface area (Å²) in [7, 11) is 0. The molecule has 0 fully saturated rings. The summed E-state index contributed by atoms with van der Waals surface area (Å²) in [6.07, 6.45) is 1.94. The smallest absolute Gasteiger partial charge is 0.137 e. The second-order valence-electron chi connectivity index (χ2n) is 29.1. The maximum absolute atomic E-state index is 7.00. The summed E-state index contributed by atoms with van der Waals surface area (Å²) in [6.45, 7) is 35.4. The molecule has 5 heteroatoms. The van der Waals surface area contributed by atoms with E-state index in [-0.39, 0.29) is 27.1 Å². The Balaban J connectivity index is 1.04. The zero-order valence-corrected chi connectivity index (χ0v) is 52.5. The number of para-hydroxylation sites is 3. The summed E-state index contributed by atoms with van der Waals surface area (Å²) in [5, 5.41) is 9.63. The number of fused-ring (bicyclic) bond motifs is 10. The molecule has 85 heavy (non-hydrogen) atoms. The van der Waals surface area contributed by atoms with Gasteiger partial charge in [-0.1, -0.05) is 225 Å². The Kier molecular flexibility index (Phi) is 13.0. The van der Waals surface area contributed by atoms with Crippen LogP contribution in [0.1, 0.15) is 132 Å². The van der Waals surface area contributed by atoms with E-state index in [1.165, 1.54) is 98.8 Å². The Morgan fingerprint density at radius 2 is 0.871 bits per heavy atom. The molecule has 0 unspecified atom stereocenters. The summed E-state index contributed by atoms with van der Waals surface area (Å²) >= 11 is 0. The molecule has 426 valence electrons. The molecule has 0 aliphatic carbocycles. The predicted molar refractivity (Wildman–Crippen MR) is 364 cm³/mol. The predicted octanol–water partition coefficient (Wildman–Crippen LogP) is 22.4. The van der Waals surface area contributed by atoms with Gasteiger partial charge >= 0.3 is 0 Å². The fourth-order valence-corrected chi connectivity index (χ4v) is 12.8. The van der Waals surface area contributed by atoms with Crippen LogP contribution in [0, 0.1) is 0 Å². The van der Waals surface area contributed by atoms with Crippen molar-refractivity contribution >= 4 is 76.5 Å². The topological polar surface area (TPSA) is 35.2 Å². The molecule has 0 amide bonds. The molecule has 0 spiro atoms. The van der Waals surface area contributed by atoms with E-state index < -0.39 is 0 Å². The summed E-state index contributed by atoms with van der Waals surface area (Å²) in [5.41, 5.74) is 17.8. The third-order valence-corrected chi connectivity index (χ3v) is 17.8. The molecule has 1 aliphatic rings. The van der Waals surface area contributed by atoms with E-state index in [9.17, 15) is 0 Å². The number of rotatable bonds is 6. The first-order chi connectivity index (χ1) is 40.3. The molecule has 0 saturated heterocycles. The molecule has 1 aliphatic heterocycles. The van der Waals surface area contributed by atoms with Gasteiger partial charge in [0.05, 0.1) is 27.8 Å². The molecule has 0 N–H and O–H groups in total. The van der Waals surface area contributed by atoms with Crippen molar-refractivity contribution in [2.24, 2.45) is 0 Å². The Hall–Kier alpha value is -8.67. The first-order valence-corrected chi connectivity index (χ1v) is 30.4. The second kappa shape index (κ2) is 20.0. The monoisotopic (exact) mass is 1110 g/mol. The van der Waals surface area contributed by atoms with Crippen LogP contribution in [0.15, 0.2) is 200 Å². The molecular weight excluding hydrogens is 1030 g/mol. The normalized spacial score (nSPS) is 13.3. The van der Waals surface area contributed by atoms with Crippen molar-refractivity contribution in [2.45, 2.75) is 138 Å². The molecule has 0 radical (unpaired) electrons. The lowest BCUT2D eigenvalue weighted by molar-refractivity contribution is 0.483. The lowest BCUT2D eigenvalue weighted by atomic mass is 9.78. The molecule has 0 atom stereocenters. The third kappa shape index (κ3) is 9.99. The highest BCUT2D eigenvalue weighted by atomic mass is 16.5. The second-order valence-corrected chi connectivity index (χ2v) is 29.1. The van der Waals surface area contributed by atoms with E-state index in [1.54, 1.807) is 0 Å². The average molecular weight is 1110 g/mol. The van der Waals surface area contributed by atoms with Gasteiger partial charge < -0.3 is 14.2 Å². The van der Waals surface area contributed by atoms with Crippen molar-refractivity contribution in [3.63, 3.8) is 0 Å². The summed E-state index contributed by atoms with van der Waals surface area (Å²) in [6, 6.07) is 73.1. The van der Waals surface area contributed by atoms with E-state index in [0.717, 1.165) is 45.1 Å². The van der Waals surface area contributed by atoms with Gasteiger partial charge in [-0.3, -0.25) is 4.57 Å². The molecule has 0 bridgehead atoms. The van der Waals surface area contributed by atoms with Gasteiger partial charge in [0, 0.05) is 51.1 Å². The number of pyridine rings is 1. The first kappa shape index (κ1) is 55.5. The number of anilines is 2. The molecule has 4 heterocycles. The highest BCUT2D eigenvalue weighted by Gasteiger charge is 2.29. The first-order valence-electron chi connectivity index (χ1n) is 30.4. The van der Waals surface area contributed by atoms with Crippen molar-refractivity contribution < 1.29 is 4.74 Å². The van der Waals surface area contributed by atoms with Gasteiger partial charge in [-0.2, -0.15) is 0 Å². The fraction of sp³-hybridized carbons (Fsp3) is 0.263. The Morgan fingerprint density at radius 1 is 0.353 bits per heavy atom. The fourth-order valence-electron chi connectivity index (χ4n) is 12.8. The average Bonchev–Trinajstić information content (AvgIpc) is 2.20. The van der Waals surface area contributed by atoms with Crippen LogP contribution in [-0.4, -0.2) is 14.1 Å². The maximum Gasteiger partial charge on any atom is 0.137 e. The van der Waals surface area contributed by atoms with E-state index in [2.05, 4.69) is 312 Å². The summed E-state index contributed by atoms with van der Waals surface area (Å²) < 4.78 is 11.9. The zero-order chi connectivity index (χ0) is 59.7. The van der Waals surface area contributed by atoms with Crippen molar-refractivity contribution in [2.75, 3.05) is 4.90 Å². The standard InChI is InChI=1S/C80H80N4O/c1-76(2,3)53-33-35-64-67-29-21-28-61(52-39-50(40-55(43-52)78(7,8)9)51-41-56(79(10,11)12)44-57(42-51)80(13,14)15)74(67)83-49-82(71-32-22-30-68(75(71)83)62-25-16-17-26-63(62)69(64)45-53)58-23-20-24-59(47-58)85-60-34-36-66-65-27-18-19-31-70(65)84(72(66)48-60)73-46-54(37-38-81-73)77(4,5)6/h16-48H,49H2,1-15H3. The minimum absolute atomic E-state index is 0.0291. The van der Waals surface area contributed by atoms with Crippen molar-refractivity contribution in [1.82, 2.24) is 14.1 Å². The summed E-state index contributed by atoms with van der Waals surface area (Å²) in [5.74, 6) is 2.41. The highest BCUT2D eigenvalue weighted by Crippen LogP contribution is 2.47. The number of hydrogen-bond donors (Lipinski definition) is 0. The van der Waals surface area contributed by atoms with E-state index in [1.807, 2.05) is 6.20 Å². The molecular formula is C80H80N4O. The minimum atomic E-state index is -0.131. The van der Waals surface area contributed by atoms with Crippen LogP contribution in [-0.2, 0) is 33.7 Å². The Morgan fingerprint density at radius 3 is 1.55 bits per heavy atom. The van der Waals surface area contributed by atoms with Gasteiger partial charge in [0.1, 0.15) is 24.0 Å². The molecule has 0 saturated carbocycles. The minimum Gasteiger partial charge on any atom is -0.457 e. The van der Waals surface area contributed by atoms with E-state index in [0.29, 0.717) is 6.67 Å². The lowest BCUT2D eigenvalue weighted by Gasteiger charge is -2.27. The van der Waals surface area contributed by atoms with Gasteiger partial charge in [0.15, 0.2) is 0 Å². The van der Waals surface area contributed by atoms with E-state index >= 15 is 0 Å². The van der Waals surface area contributed by atoms with Crippen LogP contribution in [0.25, 0.3) is 93.2 Å². The number of aromatic nitrogens is 3. The zero-order valence-electron chi connectivity index (χ0n) is 52.5. The molecule has 5 nitrogen and oxygen atoms in total. The molecule has 3 aromatic heterocycles. The Labute approximate surface area is 502 Å². The van der Waals surface area contributed by atoms with Crippen molar-refractivity contribution in [3.8, 4) is 39.6 Å². The van der Waals surface area contributed by atoms with Crippen LogP contribution in [0.4, 0.5) is 11.4 Å². The van der Waals surface area contributed by atoms with Crippen LogP contribution in [0.3, 0.4) is 0 Å². The highest BCUT2D eigenvalue weighted by molar-refractivity contribution is 6.22. The Bertz CT molecular complexity index is 4710. The van der Waals surface area contributed by atoms with E-state index in [4.69, 9.17) is 9.72 Å². The third-order valence-electron chi connectivity index (χ3n) is 17.8. The van der Waals surface area contributed by atoms with Gasteiger partial charge in [-0.15, -0.1) is 0 Å². The number of hydrogen-bond acceptors (Lipinski definition) is 3. The SMILES string of the molecule is CC(C)(C)c1cc(-c2cc(C(C)(C)C)cc(C(C)(C)C)c2)cc(-c2cccc3c4ccc(C(C)(C)C)cc4c4ccccc4c4cccc5c4n(c23)CN5c2cccc(Oc3ccc4c5ccccc5n(-c5cc(C(C)(C)C)ccn5)c4c3)c2)c1. The largest absolute Gasteiger partial charge is 0.457 e. The van der Waals surface area contributed by atoms with Crippen molar-refractivity contribution in [1.29, 1.82) is 0 Å². The number of ether oxygens (including phenoxy) is 1.